The first-order chi connectivity index (χ1) is 13.7. The molecule has 2 aliphatic heterocycles. The van der Waals surface area contributed by atoms with Crippen molar-refractivity contribution in [2.24, 2.45) is 0 Å². The number of para-hydroxylation sites is 2. The van der Waals surface area contributed by atoms with E-state index in [0.29, 0.717) is 11.4 Å². The Balaban J connectivity index is 1.80. The molecule has 0 aromatic heterocycles. The molecule has 2 atom stereocenters. The highest BCUT2D eigenvalue weighted by molar-refractivity contribution is 5.90. The molecule has 0 radical (unpaired) electrons. The van der Waals surface area contributed by atoms with Crippen LogP contribution in [0.2, 0.25) is 0 Å². The lowest BCUT2D eigenvalue weighted by Gasteiger charge is -2.38. The standard InChI is InChI=1S/C20H26F3N3O3/c1-3-13(4-2)24-18(27)17-11-26(14-7-5-6-8-16(14)29-17)15-9-10-25(19(15)28)12-20(21,22)23/h5-8,13,15,17H,3-4,9-12H2,1-2H3,(H,24,27). The summed E-state index contributed by atoms with van der Waals surface area (Å²) in [4.78, 5) is 28.0. The summed E-state index contributed by atoms with van der Waals surface area (Å²) in [5, 5.41) is 2.94. The number of ether oxygens (including phenoxy) is 1. The van der Waals surface area contributed by atoms with E-state index in [1.54, 1.807) is 29.2 Å². The first-order valence-corrected chi connectivity index (χ1v) is 9.91. The number of carbonyl (C=O) groups is 2. The molecule has 1 fully saturated rings. The fraction of sp³-hybridized carbons (Fsp3) is 0.600. The average molecular weight is 413 g/mol. The number of alkyl halides is 3. The fourth-order valence-corrected chi connectivity index (χ4v) is 3.87. The topological polar surface area (TPSA) is 61.9 Å². The lowest BCUT2D eigenvalue weighted by molar-refractivity contribution is -0.157. The molecule has 0 saturated carbocycles. The second-order valence-corrected chi connectivity index (χ2v) is 7.43. The van der Waals surface area contributed by atoms with Gasteiger partial charge in [-0.15, -0.1) is 0 Å². The van der Waals surface area contributed by atoms with Gasteiger partial charge in [-0.05, 0) is 31.4 Å². The van der Waals surface area contributed by atoms with E-state index in [1.807, 2.05) is 13.8 Å². The number of rotatable bonds is 6. The minimum absolute atomic E-state index is 0.0205. The van der Waals surface area contributed by atoms with Crippen LogP contribution in [0, 0.1) is 0 Å². The number of likely N-dealkylation sites (tertiary alicyclic amines) is 1. The Morgan fingerprint density at radius 2 is 1.97 bits per heavy atom. The molecule has 2 aliphatic rings. The van der Waals surface area contributed by atoms with Crippen LogP contribution in [0.1, 0.15) is 33.1 Å². The molecular weight excluding hydrogens is 387 g/mol. The van der Waals surface area contributed by atoms with Crippen LogP contribution >= 0.6 is 0 Å². The lowest BCUT2D eigenvalue weighted by Crippen LogP contribution is -2.55. The predicted octanol–water partition coefficient (Wildman–Crippen LogP) is 2.72. The van der Waals surface area contributed by atoms with Crippen molar-refractivity contribution >= 4 is 17.5 Å². The van der Waals surface area contributed by atoms with E-state index < -0.39 is 30.8 Å². The van der Waals surface area contributed by atoms with Crippen LogP contribution in [-0.4, -0.2) is 60.7 Å². The summed E-state index contributed by atoms with van der Waals surface area (Å²) in [5.74, 6) is -0.403. The van der Waals surface area contributed by atoms with E-state index in [-0.39, 0.29) is 31.5 Å². The largest absolute Gasteiger partial charge is 0.477 e. The Bertz CT molecular complexity index is 752. The summed E-state index contributed by atoms with van der Waals surface area (Å²) < 4.78 is 44.2. The van der Waals surface area contributed by atoms with E-state index in [2.05, 4.69) is 5.32 Å². The van der Waals surface area contributed by atoms with E-state index in [0.717, 1.165) is 17.7 Å². The molecule has 0 aliphatic carbocycles. The third kappa shape index (κ3) is 4.76. The number of nitrogens with one attached hydrogen (secondary N) is 1. The van der Waals surface area contributed by atoms with E-state index in [1.165, 1.54) is 0 Å². The van der Waals surface area contributed by atoms with Gasteiger partial charge in [0.25, 0.3) is 5.91 Å². The van der Waals surface area contributed by atoms with Gasteiger partial charge < -0.3 is 19.9 Å². The van der Waals surface area contributed by atoms with Gasteiger partial charge in [0.05, 0.1) is 12.2 Å². The Morgan fingerprint density at radius 3 is 2.62 bits per heavy atom. The Kier molecular flexibility index (Phi) is 6.24. The van der Waals surface area contributed by atoms with Gasteiger partial charge in [0.15, 0.2) is 6.10 Å². The Hall–Kier alpha value is -2.45. The van der Waals surface area contributed by atoms with Gasteiger partial charge in [-0.1, -0.05) is 26.0 Å². The van der Waals surface area contributed by atoms with Crippen molar-refractivity contribution in [2.75, 3.05) is 24.5 Å². The van der Waals surface area contributed by atoms with Crippen molar-refractivity contribution in [3.63, 3.8) is 0 Å². The monoisotopic (exact) mass is 413 g/mol. The summed E-state index contributed by atoms with van der Waals surface area (Å²) >= 11 is 0. The molecule has 0 bridgehead atoms. The van der Waals surface area contributed by atoms with E-state index in [4.69, 9.17) is 4.74 Å². The third-order valence-corrected chi connectivity index (χ3v) is 5.45. The van der Waals surface area contributed by atoms with Crippen LogP contribution in [-0.2, 0) is 9.59 Å². The molecule has 2 amide bonds. The molecule has 29 heavy (non-hydrogen) atoms. The van der Waals surface area contributed by atoms with Crippen LogP contribution in [0.15, 0.2) is 24.3 Å². The molecule has 1 aromatic rings. The maximum absolute atomic E-state index is 12.8. The van der Waals surface area contributed by atoms with Crippen LogP contribution in [0.3, 0.4) is 0 Å². The SMILES string of the molecule is CCC(CC)NC(=O)C1CN(C2CCN(CC(F)(F)F)C2=O)c2ccccc2O1. The zero-order valence-electron chi connectivity index (χ0n) is 16.5. The normalized spacial score (nSPS) is 21.9. The molecule has 0 spiro atoms. The van der Waals surface area contributed by atoms with Crippen LogP contribution in [0.25, 0.3) is 0 Å². The van der Waals surface area contributed by atoms with Gasteiger partial charge in [-0.2, -0.15) is 13.2 Å². The highest BCUT2D eigenvalue weighted by Crippen LogP contribution is 2.37. The highest BCUT2D eigenvalue weighted by atomic mass is 19.4. The zero-order valence-corrected chi connectivity index (χ0v) is 16.5. The number of hydrogen-bond acceptors (Lipinski definition) is 4. The molecule has 1 saturated heterocycles. The van der Waals surface area contributed by atoms with Gasteiger partial charge in [-0.3, -0.25) is 9.59 Å². The van der Waals surface area contributed by atoms with Crippen LogP contribution < -0.4 is 15.0 Å². The minimum Gasteiger partial charge on any atom is -0.477 e. The number of amides is 2. The van der Waals surface area contributed by atoms with Crippen LogP contribution in [0.5, 0.6) is 5.75 Å². The van der Waals surface area contributed by atoms with E-state index >= 15 is 0 Å². The van der Waals surface area contributed by atoms with Crippen LogP contribution in [0.4, 0.5) is 18.9 Å². The number of fused-ring (bicyclic) bond motifs is 1. The first kappa shape index (κ1) is 21.3. The summed E-state index contributed by atoms with van der Waals surface area (Å²) in [5.41, 5.74) is 0.617. The maximum Gasteiger partial charge on any atom is 0.406 e. The zero-order chi connectivity index (χ0) is 21.2. The minimum atomic E-state index is -4.44. The van der Waals surface area contributed by atoms with Crippen molar-refractivity contribution in [2.45, 2.75) is 57.5 Å². The third-order valence-electron chi connectivity index (χ3n) is 5.45. The Morgan fingerprint density at radius 1 is 1.28 bits per heavy atom. The van der Waals surface area contributed by atoms with E-state index in [9.17, 15) is 22.8 Å². The first-order valence-electron chi connectivity index (χ1n) is 9.91. The molecule has 2 unspecified atom stereocenters. The van der Waals surface area contributed by atoms with Crippen molar-refractivity contribution < 1.29 is 27.5 Å². The van der Waals surface area contributed by atoms with Crippen molar-refractivity contribution in [3.8, 4) is 5.75 Å². The number of anilines is 1. The number of hydrogen-bond donors (Lipinski definition) is 1. The number of nitrogens with zero attached hydrogens (tertiary/aromatic N) is 2. The average Bonchev–Trinajstić information content (AvgIpc) is 3.03. The number of benzene rings is 1. The van der Waals surface area contributed by atoms with Gasteiger partial charge >= 0.3 is 6.18 Å². The highest BCUT2D eigenvalue weighted by Gasteiger charge is 2.44. The fourth-order valence-electron chi connectivity index (χ4n) is 3.87. The Labute approximate surface area is 168 Å². The van der Waals surface area contributed by atoms with Gasteiger partial charge in [0, 0.05) is 12.6 Å². The number of carbonyl (C=O) groups excluding carboxylic acids is 2. The molecule has 1 aromatic carbocycles. The smallest absolute Gasteiger partial charge is 0.406 e. The molecule has 9 heteroatoms. The summed E-state index contributed by atoms with van der Waals surface area (Å²) in [6.45, 7) is 2.84. The molecule has 2 heterocycles. The summed E-state index contributed by atoms with van der Waals surface area (Å²) in [7, 11) is 0. The van der Waals surface area contributed by atoms with Gasteiger partial charge in [-0.25, -0.2) is 0 Å². The van der Waals surface area contributed by atoms with Gasteiger partial charge in [0.1, 0.15) is 18.3 Å². The van der Waals surface area contributed by atoms with Crippen molar-refractivity contribution in [1.82, 2.24) is 10.2 Å². The molecule has 1 N–H and O–H groups in total. The number of halogens is 3. The second-order valence-electron chi connectivity index (χ2n) is 7.43. The molecule has 3 rings (SSSR count). The quantitative estimate of drug-likeness (QED) is 0.779. The van der Waals surface area contributed by atoms with Crippen molar-refractivity contribution in [3.05, 3.63) is 24.3 Å². The molecule has 6 nitrogen and oxygen atoms in total. The molecule has 160 valence electrons. The maximum atomic E-state index is 12.8. The lowest BCUT2D eigenvalue weighted by atomic mass is 10.1. The van der Waals surface area contributed by atoms with Crippen molar-refractivity contribution in [1.29, 1.82) is 0 Å². The predicted molar refractivity (Wildman–Crippen MR) is 102 cm³/mol. The second kappa shape index (κ2) is 8.51. The van der Waals surface area contributed by atoms with Gasteiger partial charge in [0.2, 0.25) is 5.91 Å². The summed E-state index contributed by atoms with van der Waals surface area (Å²) in [6.07, 6.45) is -3.45. The summed E-state index contributed by atoms with van der Waals surface area (Å²) in [6, 6.07) is 6.26. The molecular formula is C20H26F3N3O3.